The van der Waals surface area contributed by atoms with E-state index in [1.807, 2.05) is 0 Å². The van der Waals surface area contributed by atoms with Gasteiger partial charge < -0.3 is 5.11 Å². The molecule has 1 rings (SSSR count). The van der Waals surface area contributed by atoms with Gasteiger partial charge in [0.2, 0.25) is 0 Å². The maximum absolute atomic E-state index is 12.2. The van der Waals surface area contributed by atoms with Gasteiger partial charge in [0, 0.05) is 12.4 Å². The van der Waals surface area contributed by atoms with Crippen LogP contribution in [0.5, 0.6) is 0 Å². The predicted molar refractivity (Wildman–Crippen MR) is 40.7 cm³/mol. The van der Waals surface area contributed by atoms with Gasteiger partial charge in [-0.25, -0.2) is 0 Å². The normalized spacial score (nSPS) is 13.6. The smallest absolute Gasteiger partial charge is 0.406 e. The average molecular weight is 205 g/mol. The highest BCUT2D eigenvalue weighted by Crippen LogP contribution is 2.34. The lowest BCUT2D eigenvalue weighted by Crippen LogP contribution is -2.28. The fourth-order valence-electron chi connectivity index (χ4n) is 1.02. The molecule has 14 heavy (non-hydrogen) atoms. The largest absolute Gasteiger partial charge is 0.481 e. The van der Waals surface area contributed by atoms with Crippen molar-refractivity contribution in [2.24, 2.45) is 0 Å². The fourth-order valence-corrected chi connectivity index (χ4v) is 1.02. The maximum atomic E-state index is 12.2. The summed E-state index contributed by atoms with van der Waals surface area (Å²) in [5, 5.41) is 8.41. The van der Waals surface area contributed by atoms with Crippen molar-refractivity contribution in [1.82, 2.24) is 4.98 Å². The molecule has 0 aliphatic carbocycles. The van der Waals surface area contributed by atoms with Crippen LogP contribution in [0.1, 0.15) is 11.5 Å². The van der Waals surface area contributed by atoms with Crippen LogP contribution in [-0.4, -0.2) is 22.2 Å². The zero-order chi connectivity index (χ0) is 10.8. The number of carboxylic acid groups (broad SMARTS) is 1. The lowest BCUT2D eigenvalue weighted by atomic mass is 10.0. The fraction of sp³-hybridized carbons (Fsp3) is 0.250. The summed E-state index contributed by atoms with van der Waals surface area (Å²) in [6.07, 6.45) is -2.63. The molecule has 1 unspecified atom stereocenters. The highest BCUT2D eigenvalue weighted by molar-refractivity contribution is 5.76. The van der Waals surface area contributed by atoms with Gasteiger partial charge in [-0.1, -0.05) is 6.07 Å². The summed E-state index contributed by atoms with van der Waals surface area (Å²) in [5.41, 5.74) is -0.368. The first-order chi connectivity index (χ1) is 6.43. The molecule has 76 valence electrons. The molecule has 0 aliphatic heterocycles. The first kappa shape index (κ1) is 10.5. The molecule has 1 aromatic heterocycles. The Morgan fingerprint density at radius 2 is 2.14 bits per heavy atom. The first-order valence-corrected chi connectivity index (χ1v) is 3.62. The van der Waals surface area contributed by atoms with E-state index in [9.17, 15) is 18.0 Å². The zero-order valence-electron chi connectivity index (χ0n) is 6.82. The van der Waals surface area contributed by atoms with Gasteiger partial charge in [0.1, 0.15) is 0 Å². The lowest BCUT2D eigenvalue weighted by molar-refractivity contribution is -0.176. The second-order valence-electron chi connectivity index (χ2n) is 2.60. The van der Waals surface area contributed by atoms with Crippen LogP contribution in [-0.2, 0) is 4.79 Å². The van der Waals surface area contributed by atoms with E-state index in [4.69, 9.17) is 5.11 Å². The van der Waals surface area contributed by atoms with E-state index in [2.05, 4.69) is 4.98 Å². The van der Waals surface area contributed by atoms with Crippen LogP contribution < -0.4 is 0 Å². The number of nitrogens with zero attached hydrogens (tertiary/aromatic N) is 1. The van der Waals surface area contributed by atoms with Crippen molar-refractivity contribution in [2.75, 3.05) is 0 Å². The second-order valence-corrected chi connectivity index (χ2v) is 2.60. The summed E-state index contributed by atoms with van der Waals surface area (Å²) in [4.78, 5) is 13.8. The Morgan fingerprint density at radius 3 is 2.50 bits per heavy atom. The molecule has 0 radical (unpaired) electrons. The average Bonchev–Trinajstić information content (AvgIpc) is 2.02. The van der Waals surface area contributed by atoms with Crippen molar-refractivity contribution in [2.45, 2.75) is 12.1 Å². The van der Waals surface area contributed by atoms with Crippen molar-refractivity contribution < 1.29 is 23.1 Å². The van der Waals surface area contributed by atoms with Crippen LogP contribution in [0.15, 0.2) is 24.5 Å². The number of alkyl halides is 3. The molecule has 6 heteroatoms. The molecule has 0 aromatic carbocycles. The molecule has 0 amide bonds. The van der Waals surface area contributed by atoms with Crippen molar-refractivity contribution in [3.63, 3.8) is 0 Å². The first-order valence-electron chi connectivity index (χ1n) is 3.62. The van der Waals surface area contributed by atoms with E-state index >= 15 is 0 Å². The number of hydrogen-bond donors (Lipinski definition) is 1. The minimum absolute atomic E-state index is 0.368. The van der Waals surface area contributed by atoms with E-state index in [-0.39, 0.29) is 5.56 Å². The number of aliphatic carboxylic acids is 1. The van der Waals surface area contributed by atoms with Crippen LogP contribution in [0.2, 0.25) is 0 Å². The molecule has 1 heterocycles. The van der Waals surface area contributed by atoms with Gasteiger partial charge in [-0.15, -0.1) is 0 Å². The van der Waals surface area contributed by atoms with E-state index < -0.39 is 18.1 Å². The number of pyridine rings is 1. The Hall–Kier alpha value is -1.59. The summed E-state index contributed by atoms with van der Waals surface area (Å²) in [6.45, 7) is 0. The number of rotatable bonds is 2. The quantitative estimate of drug-likeness (QED) is 0.800. The van der Waals surface area contributed by atoms with Crippen molar-refractivity contribution in [3.8, 4) is 0 Å². The van der Waals surface area contributed by atoms with E-state index in [0.717, 1.165) is 12.3 Å². The van der Waals surface area contributed by atoms with Gasteiger partial charge in [-0.2, -0.15) is 13.2 Å². The molecule has 0 fully saturated rings. The number of carbonyl (C=O) groups is 1. The Kier molecular flexibility index (Phi) is 2.73. The molecule has 1 aromatic rings. The third-order valence-corrected chi connectivity index (χ3v) is 1.59. The van der Waals surface area contributed by atoms with Crippen molar-refractivity contribution in [3.05, 3.63) is 30.1 Å². The van der Waals surface area contributed by atoms with Gasteiger partial charge in [0.05, 0.1) is 0 Å². The molecule has 1 N–H and O–H groups in total. The summed E-state index contributed by atoms with van der Waals surface area (Å²) in [5.74, 6) is -4.43. The van der Waals surface area contributed by atoms with E-state index in [1.165, 1.54) is 12.3 Å². The highest BCUT2D eigenvalue weighted by atomic mass is 19.4. The summed E-state index contributed by atoms with van der Waals surface area (Å²) in [6, 6.07) is 2.34. The van der Waals surface area contributed by atoms with Gasteiger partial charge in [-0.05, 0) is 11.6 Å². The third-order valence-electron chi connectivity index (χ3n) is 1.59. The van der Waals surface area contributed by atoms with Gasteiger partial charge in [0.15, 0.2) is 5.92 Å². The summed E-state index contributed by atoms with van der Waals surface area (Å²) < 4.78 is 36.7. The summed E-state index contributed by atoms with van der Waals surface area (Å²) >= 11 is 0. The molecule has 1 atom stereocenters. The Morgan fingerprint density at radius 1 is 1.50 bits per heavy atom. The zero-order valence-corrected chi connectivity index (χ0v) is 6.82. The Bertz CT molecular complexity index is 323. The molecule has 3 nitrogen and oxygen atoms in total. The van der Waals surface area contributed by atoms with Gasteiger partial charge >= 0.3 is 12.1 Å². The number of carboxylic acids is 1. The molecule has 0 aliphatic rings. The number of halogens is 3. The van der Waals surface area contributed by atoms with Crippen LogP contribution >= 0.6 is 0 Å². The predicted octanol–water partition coefficient (Wildman–Crippen LogP) is 1.81. The summed E-state index contributed by atoms with van der Waals surface area (Å²) in [7, 11) is 0. The number of aromatic nitrogens is 1. The van der Waals surface area contributed by atoms with Crippen molar-refractivity contribution >= 4 is 5.97 Å². The minimum atomic E-state index is -4.80. The molecular weight excluding hydrogens is 199 g/mol. The third kappa shape index (κ3) is 2.21. The lowest BCUT2D eigenvalue weighted by Gasteiger charge is -2.15. The second kappa shape index (κ2) is 3.65. The Labute approximate surface area is 77.2 Å². The molecular formula is C8H6F3NO2. The monoisotopic (exact) mass is 205 g/mol. The SMILES string of the molecule is O=C(O)C(c1cccnc1)C(F)(F)F. The van der Waals surface area contributed by atoms with Gasteiger partial charge in [-0.3, -0.25) is 9.78 Å². The number of hydrogen-bond acceptors (Lipinski definition) is 2. The molecule has 0 saturated heterocycles. The molecule has 0 spiro atoms. The highest BCUT2D eigenvalue weighted by Gasteiger charge is 2.46. The van der Waals surface area contributed by atoms with Crippen LogP contribution in [0, 0.1) is 0 Å². The van der Waals surface area contributed by atoms with Crippen LogP contribution in [0.25, 0.3) is 0 Å². The van der Waals surface area contributed by atoms with Crippen LogP contribution in [0.3, 0.4) is 0 Å². The van der Waals surface area contributed by atoms with E-state index in [1.54, 1.807) is 0 Å². The van der Waals surface area contributed by atoms with Crippen LogP contribution in [0.4, 0.5) is 13.2 Å². The topological polar surface area (TPSA) is 50.2 Å². The maximum Gasteiger partial charge on any atom is 0.406 e. The van der Waals surface area contributed by atoms with E-state index in [0.29, 0.717) is 0 Å². The Balaban J connectivity index is 3.08. The minimum Gasteiger partial charge on any atom is -0.481 e. The molecule has 0 saturated carbocycles. The van der Waals surface area contributed by atoms with Gasteiger partial charge in [0.25, 0.3) is 0 Å². The standard InChI is InChI=1S/C8H6F3NO2/c9-8(10,11)6(7(13)14)5-2-1-3-12-4-5/h1-4,6H,(H,13,14). The molecule has 0 bridgehead atoms. The van der Waals surface area contributed by atoms with Crippen molar-refractivity contribution in [1.29, 1.82) is 0 Å².